The van der Waals surface area contributed by atoms with Crippen molar-refractivity contribution < 1.29 is 0 Å². The van der Waals surface area contributed by atoms with Gasteiger partial charge in [-0.15, -0.1) is 0 Å². The zero-order chi connectivity index (χ0) is 17.1. The summed E-state index contributed by atoms with van der Waals surface area (Å²) in [6, 6.07) is 27.3. The van der Waals surface area contributed by atoms with Crippen LogP contribution in [0.4, 0.5) is 5.69 Å². The van der Waals surface area contributed by atoms with Crippen LogP contribution in [-0.4, -0.2) is 5.04 Å². The molecule has 3 heteroatoms. The van der Waals surface area contributed by atoms with E-state index in [2.05, 4.69) is 85.1 Å². The molecular formula is C22H17NS2. The molecule has 0 bridgehead atoms. The molecule has 0 amide bonds. The highest BCUT2D eigenvalue weighted by atomic mass is 32.2. The van der Waals surface area contributed by atoms with E-state index in [0.717, 1.165) is 10.7 Å². The Bertz CT molecular complexity index is 941. The smallest absolute Gasteiger partial charge is 0.110 e. The summed E-state index contributed by atoms with van der Waals surface area (Å²) in [7, 11) is 0. The Morgan fingerprint density at radius 3 is 2.36 bits per heavy atom. The van der Waals surface area contributed by atoms with Crippen molar-refractivity contribution in [1.29, 1.82) is 0 Å². The predicted molar refractivity (Wildman–Crippen MR) is 111 cm³/mol. The Morgan fingerprint density at radius 2 is 1.56 bits per heavy atom. The molecule has 0 radical (unpaired) electrons. The number of aliphatic imine (C=N–C) groups is 1. The Balaban J connectivity index is 1.72. The molecule has 4 rings (SSSR count). The van der Waals surface area contributed by atoms with Crippen LogP contribution in [0.5, 0.6) is 0 Å². The molecule has 1 aliphatic heterocycles. The van der Waals surface area contributed by atoms with E-state index >= 15 is 0 Å². The maximum atomic E-state index is 4.91. The number of benzene rings is 3. The van der Waals surface area contributed by atoms with Crippen LogP contribution in [0.15, 0.2) is 99.1 Å². The Morgan fingerprint density at radius 1 is 0.840 bits per heavy atom. The van der Waals surface area contributed by atoms with E-state index in [1.165, 1.54) is 26.5 Å². The third-order valence-electron chi connectivity index (χ3n) is 3.93. The second kappa shape index (κ2) is 7.34. The van der Waals surface area contributed by atoms with Crippen LogP contribution < -0.4 is 0 Å². The molecule has 0 fully saturated rings. The van der Waals surface area contributed by atoms with Crippen molar-refractivity contribution in [3.05, 3.63) is 95.4 Å². The molecule has 3 aromatic rings. The molecule has 1 heterocycles. The van der Waals surface area contributed by atoms with Gasteiger partial charge in [-0.25, -0.2) is 4.99 Å². The Kier molecular flexibility index (Phi) is 4.77. The maximum Gasteiger partial charge on any atom is 0.110 e. The first-order valence-corrected chi connectivity index (χ1v) is 9.84. The van der Waals surface area contributed by atoms with Gasteiger partial charge in [0.25, 0.3) is 0 Å². The molecule has 1 nitrogen and oxygen atoms in total. The van der Waals surface area contributed by atoms with Crippen molar-refractivity contribution in [3.63, 3.8) is 0 Å². The molecule has 0 spiro atoms. The van der Waals surface area contributed by atoms with Crippen molar-refractivity contribution in [2.45, 2.75) is 16.7 Å². The Hall–Kier alpha value is -2.23. The van der Waals surface area contributed by atoms with Crippen molar-refractivity contribution >= 4 is 39.8 Å². The van der Waals surface area contributed by atoms with Crippen LogP contribution in [0.3, 0.4) is 0 Å². The molecule has 0 aromatic heterocycles. The summed E-state index contributed by atoms with van der Waals surface area (Å²) in [6.45, 7) is 2.10. The van der Waals surface area contributed by atoms with Gasteiger partial charge in [-0.2, -0.15) is 0 Å². The predicted octanol–water partition coefficient (Wildman–Crippen LogP) is 6.96. The minimum atomic E-state index is 0.997. The van der Waals surface area contributed by atoms with E-state index in [9.17, 15) is 0 Å². The SMILES string of the molecule is Cc1ccc(N=C2Sc3ccccc3/C2=C\Sc2ccccc2)cc1. The normalized spacial score (nSPS) is 16.4. The summed E-state index contributed by atoms with van der Waals surface area (Å²) in [5.41, 5.74) is 4.72. The summed E-state index contributed by atoms with van der Waals surface area (Å²) in [6.07, 6.45) is 0. The van der Waals surface area contributed by atoms with E-state index in [0.29, 0.717) is 0 Å². The number of hydrogen-bond acceptors (Lipinski definition) is 3. The van der Waals surface area contributed by atoms with Gasteiger partial charge in [-0.05, 0) is 48.2 Å². The molecule has 0 unspecified atom stereocenters. The lowest BCUT2D eigenvalue weighted by Gasteiger charge is -2.03. The van der Waals surface area contributed by atoms with Crippen molar-refractivity contribution in [1.82, 2.24) is 0 Å². The molecule has 1 aliphatic rings. The molecule has 0 saturated heterocycles. The second-order valence-electron chi connectivity index (χ2n) is 5.81. The minimum Gasteiger partial charge on any atom is -0.241 e. The van der Waals surface area contributed by atoms with Gasteiger partial charge in [-0.3, -0.25) is 0 Å². The van der Waals surface area contributed by atoms with E-state index in [1.807, 2.05) is 6.07 Å². The Labute approximate surface area is 156 Å². The van der Waals surface area contributed by atoms with Crippen molar-refractivity contribution in [2.24, 2.45) is 4.99 Å². The maximum absolute atomic E-state index is 4.91. The van der Waals surface area contributed by atoms with E-state index < -0.39 is 0 Å². The lowest BCUT2D eigenvalue weighted by atomic mass is 10.1. The van der Waals surface area contributed by atoms with Crippen LogP contribution in [0, 0.1) is 6.92 Å². The van der Waals surface area contributed by atoms with E-state index in [-0.39, 0.29) is 0 Å². The van der Waals surface area contributed by atoms with Crippen molar-refractivity contribution in [2.75, 3.05) is 0 Å². The van der Waals surface area contributed by atoms with Crippen LogP contribution in [-0.2, 0) is 0 Å². The van der Waals surface area contributed by atoms with Gasteiger partial charge >= 0.3 is 0 Å². The highest BCUT2D eigenvalue weighted by Crippen LogP contribution is 2.43. The molecule has 0 N–H and O–H groups in total. The molecule has 0 atom stereocenters. The number of rotatable bonds is 3. The first-order valence-electron chi connectivity index (χ1n) is 8.14. The number of thioether (sulfide) groups is 2. The molecule has 0 aliphatic carbocycles. The largest absolute Gasteiger partial charge is 0.241 e. The first kappa shape index (κ1) is 16.2. The highest BCUT2D eigenvalue weighted by Gasteiger charge is 2.23. The topological polar surface area (TPSA) is 12.4 Å². The highest BCUT2D eigenvalue weighted by molar-refractivity contribution is 8.16. The molecule has 25 heavy (non-hydrogen) atoms. The fourth-order valence-electron chi connectivity index (χ4n) is 2.61. The van der Waals surface area contributed by atoms with Crippen LogP contribution in [0.1, 0.15) is 11.1 Å². The lowest BCUT2D eigenvalue weighted by molar-refractivity contribution is 1.43. The number of nitrogens with zero attached hydrogens (tertiary/aromatic N) is 1. The van der Waals surface area contributed by atoms with E-state index in [1.54, 1.807) is 23.5 Å². The fourth-order valence-corrected chi connectivity index (χ4v) is 4.57. The zero-order valence-corrected chi connectivity index (χ0v) is 15.5. The van der Waals surface area contributed by atoms with Crippen molar-refractivity contribution in [3.8, 4) is 0 Å². The summed E-state index contributed by atoms with van der Waals surface area (Å²) in [5, 5.41) is 3.29. The van der Waals surface area contributed by atoms with E-state index in [4.69, 9.17) is 4.99 Å². The number of fused-ring (bicyclic) bond motifs is 1. The zero-order valence-electron chi connectivity index (χ0n) is 13.8. The van der Waals surface area contributed by atoms with Gasteiger partial charge in [-0.1, -0.05) is 77.6 Å². The van der Waals surface area contributed by atoms with Gasteiger partial charge < -0.3 is 0 Å². The van der Waals surface area contributed by atoms with Gasteiger partial charge in [0.2, 0.25) is 0 Å². The quantitative estimate of drug-likeness (QED) is 0.468. The minimum absolute atomic E-state index is 0.997. The molecule has 3 aromatic carbocycles. The first-order chi connectivity index (χ1) is 12.3. The summed E-state index contributed by atoms with van der Waals surface area (Å²) >= 11 is 3.49. The average molecular weight is 360 g/mol. The van der Waals surface area contributed by atoms with Crippen LogP contribution in [0.2, 0.25) is 0 Å². The molecule has 122 valence electrons. The average Bonchev–Trinajstić information content (AvgIpc) is 3.00. The fraction of sp³-hybridized carbons (Fsp3) is 0.0455. The van der Waals surface area contributed by atoms with Gasteiger partial charge in [0, 0.05) is 15.4 Å². The number of hydrogen-bond donors (Lipinski definition) is 0. The standard InChI is InChI=1S/C22H17NS2/c1-16-11-13-17(14-12-16)23-22-20(15-24-18-7-3-2-4-8-18)19-9-5-6-10-21(19)25-22/h2-15H,1H3/b20-15+,23-22?. The van der Waals surface area contributed by atoms with Crippen LogP contribution >= 0.6 is 23.5 Å². The van der Waals surface area contributed by atoms with Gasteiger partial charge in [0.1, 0.15) is 5.04 Å². The summed E-state index contributed by atoms with van der Waals surface area (Å²) in [5.74, 6) is 0. The van der Waals surface area contributed by atoms with Gasteiger partial charge in [0.15, 0.2) is 0 Å². The number of aryl methyl sites for hydroxylation is 1. The van der Waals surface area contributed by atoms with Gasteiger partial charge in [0.05, 0.1) is 5.69 Å². The monoisotopic (exact) mass is 359 g/mol. The summed E-state index contributed by atoms with van der Waals surface area (Å²) < 4.78 is 0. The second-order valence-corrected chi connectivity index (χ2v) is 7.79. The molecule has 0 saturated carbocycles. The molecular weight excluding hydrogens is 342 g/mol. The third kappa shape index (κ3) is 3.73. The lowest BCUT2D eigenvalue weighted by Crippen LogP contribution is -1.88. The summed E-state index contributed by atoms with van der Waals surface area (Å²) in [4.78, 5) is 7.41. The van der Waals surface area contributed by atoms with Crippen LogP contribution in [0.25, 0.3) is 5.57 Å². The third-order valence-corrected chi connectivity index (χ3v) is 5.91.